The van der Waals surface area contributed by atoms with Crippen molar-refractivity contribution in [3.63, 3.8) is 0 Å². The van der Waals surface area contributed by atoms with Crippen LogP contribution in [0.4, 0.5) is 24.9 Å². The maximum absolute atomic E-state index is 11.6. The van der Waals surface area contributed by atoms with Crippen LogP contribution in [0.15, 0.2) is 30.3 Å². The first-order valence-electron chi connectivity index (χ1n) is 17.7. The predicted molar refractivity (Wildman–Crippen MR) is 206 cm³/mol. The van der Waals surface area contributed by atoms with E-state index < -0.39 is 50.9 Å². The van der Waals surface area contributed by atoms with E-state index in [4.69, 9.17) is 35.6 Å². The number of carbonyl (C=O) groups excluding carboxylic acids is 4. The Balaban J connectivity index is 0. The molecule has 0 heterocycles. The fourth-order valence-corrected chi connectivity index (χ4v) is 4.56. The second-order valence-corrected chi connectivity index (χ2v) is 14.9. The summed E-state index contributed by atoms with van der Waals surface area (Å²) in [5, 5.41) is 25.2. The fourth-order valence-electron chi connectivity index (χ4n) is 4.56. The van der Waals surface area contributed by atoms with Gasteiger partial charge in [0.1, 0.15) is 24.7 Å². The molecule has 2 aromatic carbocycles. The van der Waals surface area contributed by atoms with Gasteiger partial charge in [-0.15, -0.1) is 10.1 Å². The van der Waals surface area contributed by atoms with Gasteiger partial charge in [-0.05, 0) is 28.5 Å². The van der Waals surface area contributed by atoms with Crippen LogP contribution < -0.4 is 9.47 Å². The zero-order valence-corrected chi connectivity index (χ0v) is 35.4. The van der Waals surface area contributed by atoms with Crippen LogP contribution in [0.25, 0.3) is 0 Å². The Hall–Kier alpha value is -5.88. The molecule has 57 heavy (non-hydrogen) atoms. The molecule has 19 heteroatoms. The summed E-state index contributed by atoms with van der Waals surface area (Å²) in [5.74, 6) is 0.327. The van der Waals surface area contributed by atoms with Crippen LogP contribution in [-0.2, 0) is 50.1 Å². The third kappa shape index (κ3) is 18.5. The van der Waals surface area contributed by atoms with E-state index in [0.29, 0.717) is 23.8 Å². The van der Waals surface area contributed by atoms with Crippen molar-refractivity contribution in [1.29, 1.82) is 0 Å². The van der Waals surface area contributed by atoms with E-state index in [-0.39, 0.29) is 30.1 Å². The standard InChI is InChI=1S/C18H25NO8.C18H26O6.C2H6.HNO3/c1-17(2,3)11-8-12(18(4,5)10-26-15(20)24-6)14(27-16(21)25-7)9-13(11)19(22)23;1-17(2,3)12-8-9-14(24-16(20)22-7)13(10-12)18(4,5)11-23-15(19)21-6;1-2;2-1(3)4/h8-9H,10H2,1-7H3;8-10H,11H2,1-7H3;1-2H3;(H,2,3,4)/i;;1D;. The fraction of sp³-hybridized carbons (Fsp3) is 0.579. The van der Waals surface area contributed by atoms with E-state index >= 15 is 0 Å². The van der Waals surface area contributed by atoms with Gasteiger partial charge in [0.05, 0.1) is 39.4 Å². The van der Waals surface area contributed by atoms with Crippen molar-refractivity contribution in [3.8, 4) is 11.5 Å². The molecule has 0 radical (unpaired) electrons. The van der Waals surface area contributed by atoms with E-state index in [9.17, 15) is 29.3 Å². The molecule has 0 bridgehead atoms. The molecule has 0 atom stereocenters. The highest BCUT2D eigenvalue weighted by atomic mass is 16.9. The minimum Gasteiger partial charge on any atom is -0.438 e. The van der Waals surface area contributed by atoms with Gasteiger partial charge in [0.15, 0.2) is 0 Å². The van der Waals surface area contributed by atoms with Crippen molar-refractivity contribution in [1.82, 2.24) is 0 Å². The number of nitro groups is 1. The lowest BCUT2D eigenvalue weighted by Gasteiger charge is -2.29. The van der Waals surface area contributed by atoms with E-state index in [1.807, 2.05) is 46.8 Å². The van der Waals surface area contributed by atoms with Crippen LogP contribution in [0, 0.1) is 20.2 Å². The zero-order valence-electron chi connectivity index (χ0n) is 36.4. The lowest BCUT2D eigenvalue weighted by Crippen LogP contribution is -2.28. The highest BCUT2D eigenvalue weighted by Gasteiger charge is 2.35. The minimum absolute atomic E-state index is 0.0417. The molecule has 2 aromatic rings. The van der Waals surface area contributed by atoms with Crippen molar-refractivity contribution in [2.45, 2.75) is 105 Å². The first-order chi connectivity index (χ1) is 26.5. The summed E-state index contributed by atoms with van der Waals surface area (Å²) in [7, 11) is 4.81. The van der Waals surface area contributed by atoms with Crippen molar-refractivity contribution < 1.29 is 73.7 Å². The van der Waals surface area contributed by atoms with Crippen molar-refractivity contribution in [2.75, 3.05) is 41.7 Å². The van der Waals surface area contributed by atoms with Crippen LogP contribution in [0.5, 0.6) is 11.5 Å². The molecular formula is C38H58N2O17. The largest absolute Gasteiger partial charge is 0.513 e. The lowest BCUT2D eigenvalue weighted by molar-refractivity contribution is -0.742. The predicted octanol–water partition coefficient (Wildman–Crippen LogP) is 8.97. The maximum atomic E-state index is 11.6. The molecule has 0 saturated heterocycles. The number of nitro benzene ring substituents is 1. The Bertz CT molecular complexity index is 1690. The summed E-state index contributed by atoms with van der Waals surface area (Å²) in [6.45, 7) is 21.3. The molecule has 0 amide bonds. The van der Waals surface area contributed by atoms with E-state index in [2.05, 4.69) is 39.7 Å². The van der Waals surface area contributed by atoms with Crippen molar-refractivity contribution in [2.24, 2.45) is 0 Å². The molecule has 0 aliphatic heterocycles. The van der Waals surface area contributed by atoms with Crippen LogP contribution >= 0.6 is 0 Å². The Morgan fingerprint density at radius 2 is 1.00 bits per heavy atom. The number of hydrogen-bond acceptors (Lipinski definition) is 16. The first kappa shape index (κ1) is 51.1. The average Bonchev–Trinajstić information content (AvgIpc) is 3.11. The van der Waals surface area contributed by atoms with Gasteiger partial charge in [-0.25, -0.2) is 19.2 Å². The summed E-state index contributed by atoms with van der Waals surface area (Å²) in [6, 6.07) is 8.37. The number of hydrogen-bond donors (Lipinski definition) is 1. The van der Waals surface area contributed by atoms with E-state index in [0.717, 1.165) is 18.2 Å². The maximum Gasteiger partial charge on any atom is 0.513 e. The SMILES string of the molecule is COC(=O)OCC(C)(C)c1cc(C(C)(C)C)c([N+](=O)[O-])cc1OC(=O)OC.COC(=O)OCC(C)(C)c1cc(C(C)(C)C)ccc1OC(=O)OC.O=[N+]([O-])O.[2H]CC. The Morgan fingerprint density at radius 1 is 0.632 bits per heavy atom. The average molecular weight is 816 g/mol. The molecule has 0 spiro atoms. The van der Waals surface area contributed by atoms with Crippen LogP contribution in [-0.4, -0.2) is 81.5 Å². The molecule has 0 saturated carbocycles. The van der Waals surface area contributed by atoms with Gasteiger partial charge in [0, 0.05) is 28.9 Å². The first-order valence-corrected chi connectivity index (χ1v) is 17.0. The number of benzene rings is 2. The molecule has 0 aromatic heterocycles. The van der Waals surface area contributed by atoms with Gasteiger partial charge in [0.25, 0.3) is 10.8 Å². The van der Waals surface area contributed by atoms with Gasteiger partial charge in [-0.3, -0.25) is 10.1 Å². The molecule has 0 unspecified atom stereocenters. The summed E-state index contributed by atoms with van der Waals surface area (Å²) in [6.07, 6.45) is -3.44. The normalized spacial score (nSPS) is 11.1. The third-order valence-electron chi connectivity index (χ3n) is 7.56. The summed E-state index contributed by atoms with van der Waals surface area (Å²) in [5.41, 5.74) is 0.446. The van der Waals surface area contributed by atoms with Crippen molar-refractivity contribution in [3.05, 3.63) is 72.8 Å². The molecule has 2 rings (SSSR count). The van der Waals surface area contributed by atoms with Crippen LogP contribution in [0.1, 0.15) is 107 Å². The van der Waals surface area contributed by atoms with Gasteiger partial charge in [0.2, 0.25) is 0 Å². The molecule has 0 fully saturated rings. The summed E-state index contributed by atoms with van der Waals surface area (Å²) < 4.78 is 44.8. The Morgan fingerprint density at radius 3 is 1.33 bits per heavy atom. The van der Waals surface area contributed by atoms with E-state index in [1.165, 1.54) is 27.4 Å². The number of methoxy groups -OCH3 is 4. The topological polar surface area (TPSA) is 249 Å². The smallest absolute Gasteiger partial charge is 0.438 e. The van der Waals surface area contributed by atoms with E-state index in [1.54, 1.807) is 32.9 Å². The lowest BCUT2D eigenvalue weighted by atomic mass is 9.78. The second-order valence-electron chi connectivity index (χ2n) is 14.9. The van der Waals surface area contributed by atoms with Gasteiger partial charge in [-0.2, -0.15) is 0 Å². The van der Waals surface area contributed by atoms with Gasteiger partial charge >= 0.3 is 24.6 Å². The van der Waals surface area contributed by atoms with Gasteiger partial charge < -0.3 is 43.1 Å². The molecule has 0 aliphatic rings. The number of carbonyl (C=O) groups is 4. The third-order valence-corrected chi connectivity index (χ3v) is 7.56. The molecule has 0 aliphatic carbocycles. The molecule has 322 valence electrons. The minimum atomic E-state index is -1.50. The highest BCUT2D eigenvalue weighted by Crippen LogP contribution is 2.42. The number of nitrogens with zero attached hydrogens (tertiary/aromatic N) is 2. The monoisotopic (exact) mass is 815 g/mol. The van der Waals surface area contributed by atoms with Crippen LogP contribution in [0.3, 0.4) is 0 Å². The molecule has 1 N–H and O–H groups in total. The number of rotatable bonds is 9. The molecule has 19 nitrogen and oxygen atoms in total. The quantitative estimate of drug-likeness (QED) is 0.0815. The highest BCUT2D eigenvalue weighted by molar-refractivity contribution is 5.67. The summed E-state index contributed by atoms with van der Waals surface area (Å²) in [4.78, 5) is 65.1. The Labute approximate surface area is 334 Å². The van der Waals surface area contributed by atoms with Gasteiger partial charge in [-0.1, -0.05) is 95.2 Å². The van der Waals surface area contributed by atoms with Crippen molar-refractivity contribution >= 4 is 30.3 Å². The second kappa shape index (κ2) is 23.2. The number of ether oxygens (including phenoxy) is 8. The summed E-state index contributed by atoms with van der Waals surface area (Å²) >= 11 is 0. The Kier molecular flexibility index (Phi) is 20.9. The zero-order chi connectivity index (χ0) is 45.8. The van der Waals surface area contributed by atoms with Crippen LogP contribution in [0.2, 0.25) is 0 Å². The molecular weight excluding hydrogens is 756 g/mol.